The molecule has 0 bridgehead atoms. The lowest BCUT2D eigenvalue weighted by Crippen LogP contribution is -2.14. The Morgan fingerprint density at radius 3 is 2.75 bits per heavy atom. The molecule has 0 aromatic carbocycles. The summed E-state index contributed by atoms with van der Waals surface area (Å²) < 4.78 is 5.56. The van der Waals surface area contributed by atoms with E-state index in [1.54, 1.807) is 0 Å². The molecule has 4 N–H and O–H groups in total. The molecule has 7 heteroatoms. The van der Waals surface area contributed by atoms with E-state index in [0.717, 1.165) is 0 Å². The van der Waals surface area contributed by atoms with Crippen LogP contribution in [0.15, 0.2) is 0 Å². The van der Waals surface area contributed by atoms with Gasteiger partial charge in [-0.2, -0.15) is 4.98 Å². The second-order valence-corrected chi connectivity index (χ2v) is 2.06. The summed E-state index contributed by atoms with van der Waals surface area (Å²) in [6.45, 7) is -0.0769. The van der Waals surface area contributed by atoms with Crippen molar-refractivity contribution in [1.82, 2.24) is 14.8 Å². The van der Waals surface area contributed by atoms with E-state index in [0.29, 0.717) is 0 Å². The first-order valence-corrected chi connectivity index (χ1v) is 3.16. The minimum atomic E-state index is -0.452. The Balaban J connectivity index is 2.75. The second-order valence-electron chi connectivity index (χ2n) is 2.06. The Morgan fingerprint density at radius 2 is 2.33 bits per heavy atom. The quantitative estimate of drug-likeness (QED) is 0.530. The topological polar surface area (TPSA) is 109 Å². The van der Waals surface area contributed by atoms with Crippen LogP contribution in [0, 0.1) is 0 Å². The predicted octanol–water partition coefficient (Wildman–Crippen LogP) is -1.38. The van der Waals surface area contributed by atoms with Crippen molar-refractivity contribution < 1.29 is 9.53 Å². The van der Waals surface area contributed by atoms with Crippen molar-refractivity contribution in [1.29, 1.82) is 0 Å². The number of aromatic nitrogens is 3. The molecule has 0 saturated heterocycles. The molecular formula is C5H9N5O2. The fourth-order valence-electron chi connectivity index (χ4n) is 0.676. The third-order valence-corrected chi connectivity index (χ3v) is 1.22. The molecule has 0 amide bonds. The van der Waals surface area contributed by atoms with Crippen LogP contribution in [-0.2, 0) is 16.1 Å². The number of methoxy groups -OCH3 is 1. The molecule has 0 atom stereocenters. The number of nitrogens with zero attached hydrogens (tertiary/aromatic N) is 3. The van der Waals surface area contributed by atoms with Crippen molar-refractivity contribution >= 4 is 17.9 Å². The third-order valence-electron chi connectivity index (χ3n) is 1.22. The maximum Gasteiger partial charge on any atom is 0.327 e. The van der Waals surface area contributed by atoms with Crippen LogP contribution in [0.2, 0.25) is 0 Å². The van der Waals surface area contributed by atoms with Gasteiger partial charge < -0.3 is 16.2 Å². The van der Waals surface area contributed by atoms with Gasteiger partial charge in [-0.05, 0) is 0 Å². The van der Waals surface area contributed by atoms with Gasteiger partial charge in [-0.3, -0.25) is 4.79 Å². The standard InChI is InChI=1S/C5H9N5O2/c1-12-3(11)2-10-5(7)8-4(6)9-10/h2H2,1H3,(H4,6,7,8,9). The Hall–Kier alpha value is -1.79. The number of anilines is 2. The minimum Gasteiger partial charge on any atom is -0.468 e. The molecule has 1 aromatic rings. The maximum absolute atomic E-state index is 10.7. The number of hydrogen-bond acceptors (Lipinski definition) is 6. The first kappa shape index (κ1) is 8.31. The average Bonchev–Trinajstić information content (AvgIpc) is 2.30. The van der Waals surface area contributed by atoms with E-state index in [4.69, 9.17) is 11.5 Å². The van der Waals surface area contributed by atoms with Crippen molar-refractivity contribution in [2.24, 2.45) is 0 Å². The van der Waals surface area contributed by atoms with E-state index in [-0.39, 0.29) is 18.4 Å². The molecule has 1 heterocycles. The Bertz CT molecular complexity index is 294. The number of carbonyl (C=O) groups excluding carboxylic acids is 1. The lowest BCUT2D eigenvalue weighted by atomic mass is 10.6. The number of rotatable bonds is 2. The van der Waals surface area contributed by atoms with Gasteiger partial charge in [0.15, 0.2) is 0 Å². The van der Waals surface area contributed by atoms with E-state index >= 15 is 0 Å². The molecule has 1 aromatic heterocycles. The van der Waals surface area contributed by atoms with Crippen molar-refractivity contribution in [3.05, 3.63) is 0 Å². The smallest absolute Gasteiger partial charge is 0.327 e. The maximum atomic E-state index is 10.7. The summed E-state index contributed by atoms with van der Waals surface area (Å²) in [5.41, 5.74) is 10.6. The van der Waals surface area contributed by atoms with Crippen LogP contribution in [0.3, 0.4) is 0 Å². The molecular weight excluding hydrogens is 162 g/mol. The fraction of sp³-hybridized carbons (Fsp3) is 0.400. The first-order valence-electron chi connectivity index (χ1n) is 3.16. The van der Waals surface area contributed by atoms with Crippen molar-refractivity contribution in [2.45, 2.75) is 6.54 Å². The Morgan fingerprint density at radius 1 is 1.67 bits per heavy atom. The predicted molar refractivity (Wildman–Crippen MR) is 40.9 cm³/mol. The van der Waals surface area contributed by atoms with Gasteiger partial charge in [0.25, 0.3) is 0 Å². The largest absolute Gasteiger partial charge is 0.468 e. The van der Waals surface area contributed by atoms with Crippen LogP contribution in [0.4, 0.5) is 11.9 Å². The van der Waals surface area contributed by atoms with Crippen LogP contribution in [-0.4, -0.2) is 27.8 Å². The van der Waals surface area contributed by atoms with Gasteiger partial charge in [0.1, 0.15) is 6.54 Å². The lowest BCUT2D eigenvalue weighted by molar-refractivity contribution is -0.141. The average molecular weight is 171 g/mol. The molecule has 66 valence electrons. The van der Waals surface area contributed by atoms with Gasteiger partial charge in [0, 0.05) is 0 Å². The first-order chi connectivity index (χ1) is 5.63. The SMILES string of the molecule is COC(=O)Cn1nc(N)nc1N. The van der Waals surface area contributed by atoms with Gasteiger partial charge in [-0.1, -0.05) is 0 Å². The minimum absolute atomic E-state index is 0.0383. The van der Waals surface area contributed by atoms with Gasteiger partial charge >= 0.3 is 5.97 Å². The van der Waals surface area contributed by atoms with Crippen molar-refractivity contribution in [2.75, 3.05) is 18.6 Å². The number of carbonyl (C=O) groups is 1. The van der Waals surface area contributed by atoms with E-state index in [9.17, 15) is 4.79 Å². The summed E-state index contributed by atoms with van der Waals surface area (Å²) in [6.07, 6.45) is 0. The number of nitrogen functional groups attached to an aromatic ring is 2. The van der Waals surface area contributed by atoms with Crippen LogP contribution in [0.1, 0.15) is 0 Å². The molecule has 0 aliphatic carbocycles. The molecule has 7 nitrogen and oxygen atoms in total. The summed E-state index contributed by atoms with van der Waals surface area (Å²) in [5, 5.41) is 3.66. The zero-order valence-electron chi connectivity index (χ0n) is 6.52. The lowest BCUT2D eigenvalue weighted by Gasteiger charge is -1.98. The van der Waals surface area contributed by atoms with Crippen molar-refractivity contribution in [3.8, 4) is 0 Å². The highest BCUT2D eigenvalue weighted by Crippen LogP contribution is 2.00. The zero-order chi connectivity index (χ0) is 9.14. The van der Waals surface area contributed by atoms with E-state index in [1.807, 2.05) is 0 Å². The van der Waals surface area contributed by atoms with E-state index in [1.165, 1.54) is 11.8 Å². The van der Waals surface area contributed by atoms with E-state index < -0.39 is 5.97 Å². The van der Waals surface area contributed by atoms with Crippen molar-refractivity contribution in [3.63, 3.8) is 0 Å². The second kappa shape index (κ2) is 3.07. The molecule has 0 aliphatic heterocycles. The molecule has 0 aliphatic rings. The number of nitrogens with two attached hydrogens (primary N) is 2. The summed E-state index contributed by atoms with van der Waals surface area (Å²) in [7, 11) is 1.28. The fourth-order valence-corrected chi connectivity index (χ4v) is 0.676. The summed E-state index contributed by atoms with van der Waals surface area (Å²) in [6, 6.07) is 0. The molecule has 0 unspecified atom stereocenters. The highest BCUT2D eigenvalue weighted by molar-refractivity contribution is 5.69. The summed E-state index contributed by atoms with van der Waals surface area (Å²) in [4.78, 5) is 14.3. The third kappa shape index (κ3) is 1.62. The highest BCUT2D eigenvalue weighted by atomic mass is 16.5. The highest BCUT2D eigenvalue weighted by Gasteiger charge is 2.08. The van der Waals surface area contributed by atoms with Crippen LogP contribution in [0.5, 0.6) is 0 Å². The Labute approximate surface area is 68.3 Å². The van der Waals surface area contributed by atoms with Crippen LogP contribution < -0.4 is 11.5 Å². The zero-order valence-corrected chi connectivity index (χ0v) is 6.52. The normalized spacial score (nSPS) is 9.75. The molecule has 0 radical (unpaired) electrons. The van der Waals surface area contributed by atoms with Gasteiger partial charge in [0.05, 0.1) is 7.11 Å². The van der Waals surface area contributed by atoms with Gasteiger partial charge in [-0.15, -0.1) is 5.10 Å². The molecule has 12 heavy (non-hydrogen) atoms. The Kier molecular flexibility index (Phi) is 2.13. The summed E-state index contributed by atoms with van der Waals surface area (Å²) in [5.74, 6) is -0.319. The molecule has 0 fully saturated rings. The van der Waals surface area contributed by atoms with Gasteiger partial charge in [-0.25, -0.2) is 4.68 Å². The van der Waals surface area contributed by atoms with Gasteiger partial charge in [0.2, 0.25) is 11.9 Å². The molecule has 0 spiro atoms. The summed E-state index contributed by atoms with van der Waals surface area (Å²) >= 11 is 0. The van der Waals surface area contributed by atoms with Crippen LogP contribution >= 0.6 is 0 Å². The van der Waals surface area contributed by atoms with E-state index in [2.05, 4.69) is 14.8 Å². The number of esters is 1. The monoisotopic (exact) mass is 171 g/mol. The number of ether oxygens (including phenoxy) is 1. The molecule has 1 rings (SSSR count). The molecule has 0 saturated carbocycles. The van der Waals surface area contributed by atoms with Crippen LogP contribution in [0.25, 0.3) is 0 Å². The number of hydrogen-bond donors (Lipinski definition) is 2.